The van der Waals surface area contributed by atoms with E-state index in [9.17, 15) is 0 Å². The zero-order valence-corrected chi connectivity index (χ0v) is 28.4. The van der Waals surface area contributed by atoms with Crippen LogP contribution in [0, 0.1) is 0 Å². The molecule has 1 aliphatic heterocycles. The van der Waals surface area contributed by atoms with Crippen molar-refractivity contribution in [3.8, 4) is 11.1 Å². The van der Waals surface area contributed by atoms with E-state index in [1.54, 1.807) is 0 Å². The van der Waals surface area contributed by atoms with Crippen LogP contribution in [0.4, 0.5) is 11.4 Å². The molecule has 244 valence electrons. The van der Waals surface area contributed by atoms with Crippen molar-refractivity contribution in [2.45, 2.75) is 6.42 Å². The maximum Gasteiger partial charge on any atom is 0.0540 e. The van der Waals surface area contributed by atoms with Crippen LogP contribution in [0.3, 0.4) is 0 Å². The number of nitrogens with two attached hydrogens (primary N) is 1. The van der Waals surface area contributed by atoms with Gasteiger partial charge in [0.25, 0.3) is 0 Å². The lowest BCUT2D eigenvalue weighted by atomic mass is 9.88. The van der Waals surface area contributed by atoms with E-state index < -0.39 is 0 Å². The molecule has 1 heterocycles. The van der Waals surface area contributed by atoms with Crippen LogP contribution in [0.2, 0.25) is 0 Å². The molecule has 0 fully saturated rings. The van der Waals surface area contributed by atoms with Crippen molar-refractivity contribution in [1.82, 2.24) is 0 Å². The number of fused-ring (bicyclic) bond motifs is 4. The zero-order chi connectivity index (χ0) is 34.6. The minimum atomic E-state index is 0.720. The van der Waals surface area contributed by atoms with E-state index in [-0.39, 0.29) is 0 Å². The number of hydrogen-bond acceptors (Lipinski definition) is 2. The van der Waals surface area contributed by atoms with Crippen molar-refractivity contribution in [3.63, 3.8) is 0 Å². The van der Waals surface area contributed by atoms with Gasteiger partial charge in [-0.15, -0.1) is 0 Å². The van der Waals surface area contributed by atoms with E-state index >= 15 is 0 Å². The highest BCUT2D eigenvalue weighted by molar-refractivity contribution is 6.05. The number of nitrogens with zero attached hydrogens (tertiary/aromatic N) is 1. The summed E-state index contributed by atoms with van der Waals surface area (Å²) in [6, 6.07) is 59.8. The second-order valence-corrected chi connectivity index (χ2v) is 12.9. The molecule has 0 saturated heterocycles. The Kier molecular flexibility index (Phi) is 8.72. The van der Waals surface area contributed by atoms with Crippen LogP contribution in [0.25, 0.3) is 44.8 Å². The molecule has 0 radical (unpaired) electrons. The smallest absolute Gasteiger partial charge is 0.0540 e. The number of benzene rings is 7. The molecule has 0 aliphatic carbocycles. The number of rotatable bonds is 7. The summed E-state index contributed by atoms with van der Waals surface area (Å²) in [5.74, 6) is 0. The quantitative estimate of drug-likeness (QED) is 0.173. The van der Waals surface area contributed by atoms with Crippen LogP contribution in [-0.4, -0.2) is 0 Å². The lowest BCUT2D eigenvalue weighted by molar-refractivity contribution is 1.26. The van der Waals surface area contributed by atoms with Gasteiger partial charge in [-0.25, -0.2) is 0 Å². The highest BCUT2D eigenvalue weighted by Crippen LogP contribution is 2.44. The van der Waals surface area contributed by atoms with Gasteiger partial charge in [-0.2, -0.15) is 0 Å². The van der Waals surface area contributed by atoms with Crippen LogP contribution in [0.5, 0.6) is 0 Å². The number of hydrogen-bond donors (Lipinski definition) is 1. The largest absolute Gasteiger partial charge is 0.398 e. The summed E-state index contributed by atoms with van der Waals surface area (Å²) in [6.45, 7) is 4.71. The fourth-order valence-corrected chi connectivity index (χ4v) is 6.99. The maximum atomic E-state index is 6.84. The monoisotopic (exact) mass is 654 g/mol. The van der Waals surface area contributed by atoms with Gasteiger partial charge in [0.1, 0.15) is 0 Å². The van der Waals surface area contributed by atoms with Crippen molar-refractivity contribution < 1.29 is 0 Å². The fraction of sp³-hybridized carbons (Fsp3) is 0.0204. The number of anilines is 2. The third-order valence-corrected chi connectivity index (χ3v) is 9.61. The van der Waals surface area contributed by atoms with E-state index in [0.717, 1.165) is 73.6 Å². The van der Waals surface area contributed by atoms with Crippen molar-refractivity contribution in [1.29, 1.82) is 0 Å². The number of allylic oxidation sites excluding steroid dienone is 3. The SMILES string of the molecule is C=C1c2ccccc2/C=C\N(c2cc(C(/C=C(\N)c3ccccc3)=C/Cc3ccccc3)cc(-c3ccccc3)c2)c2ccc3ccccc3c21. The van der Waals surface area contributed by atoms with Gasteiger partial charge in [-0.1, -0.05) is 158 Å². The molecule has 0 spiro atoms. The first-order valence-electron chi connectivity index (χ1n) is 17.4. The van der Waals surface area contributed by atoms with E-state index in [2.05, 4.69) is 181 Å². The van der Waals surface area contributed by atoms with E-state index in [1.165, 1.54) is 16.3 Å². The lowest BCUT2D eigenvalue weighted by Crippen LogP contribution is -2.13. The molecule has 7 aromatic rings. The summed E-state index contributed by atoms with van der Waals surface area (Å²) < 4.78 is 0. The molecular weight excluding hydrogens is 617 g/mol. The summed E-state index contributed by atoms with van der Waals surface area (Å²) in [7, 11) is 0. The molecule has 2 N–H and O–H groups in total. The highest BCUT2D eigenvalue weighted by Gasteiger charge is 2.22. The molecule has 51 heavy (non-hydrogen) atoms. The molecule has 0 amide bonds. The molecule has 0 atom stereocenters. The third kappa shape index (κ3) is 6.56. The minimum absolute atomic E-state index is 0.720. The van der Waals surface area contributed by atoms with Gasteiger partial charge in [0.2, 0.25) is 0 Å². The zero-order valence-electron chi connectivity index (χ0n) is 28.4. The Bertz CT molecular complexity index is 2450. The molecule has 0 aromatic heterocycles. The summed E-state index contributed by atoms with van der Waals surface area (Å²) >= 11 is 0. The first-order valence-corrected chi connectivity index (χ1v) is 17.4. The van der Waals surface area contributed by atoms with Gasteiger partial charge in [0.05, 0.1) is 5.69 Å². The van der Waals surface area contributed by atoms with Crippen molar-refractivity contribution in [3.05, 3.63) is 228 Å². The summed E-state index contributed by atoms with van der Waals surface area (Å²) in [5.41, 5.74) is 20.7. The topological polar surface area (TPSA) is 29.3 Å². The average molecular weight is 655 g/mol. The summed E-state index contributed by atoms with van der Waals surface area (Å²) in [5, 5.41) is 2.36. The van der Waals surface area contributed by atoms with E-state index in [0.29, 0.717) is 0 Å². The standard InChI is InChI=1S/C49H38N2/c1-35-45-23-13-11-20-39(45)29-30-51(48-28-27-38-19-12-14-24-46(38)49(35)48)44-32-42(37-17-7-3-8-18-37)31-43(33-44)41(26-25-36-15-5-2-6-16-36)34-47(50)40-21-9-4-10-22-40/h2-24,26-34H,1,25,50H2/b30-29-,41-26+,47-34-. The van der Waals surface area contributed by atoms with Gasteiger partial charge < -0.3 is 10.6 Å². The predicted molar refractivity (Wildman–Crippen MR) is 218 cm³/mol. The van der Waals surface area contributed by atoms with Crippen LogP contribution in [0.1, 0.15) is 33.4 Å². The Hall–Kier alpha value is -6.64. The maximum absolute atomic E-state index is 6.84. The average Bonchev–Trinajstić information content (AvgIpc) is 3.19. The van der Waals surface area contributed by atoms with Crippen LogP contribution in [-0.2, 0) is 6.42 Å². The first kappa shape index (κ1) is 31.6. The van der Waals surface area contributed by atoms with Crippen molar-refractivity contribution in [2.24, 2.45) is 5.73 Å². The molecule has 7 aromatic carbocycles. The fourth-order valence-electron chi connectivity index (χ4n) is 6.99. The molecule has 8 rings (SSSR count). The van der Waals surface area contributed by atoms with Crippen molar-refractivity contribution in [2.75, 3.05) is 4.90 Å². The second-order valence-electron chi connectivity index (χ2n) is 12.9. The van der Waals surface area contributed by atoms with Gasteiger partial charge in [-0.3, -0.25) is 0 Å². The van der Waals surface area contributed by atoms with Gasteiger partial charge in [0.15, 0.2) is 0 Å². The molecule has 0 unspecified atom stereocenters. The molecule has 0 bridgehead atoms. The highest BCUT2D eigenvalue weighted by atomic mass is 15.1. The van der Waals surface area contributed by atoms with Gasteiger partial charge in [-0.05, 0) is 104 Å². The van der Waals surface area contributed by atoms with Crippen LogP contribution >= 0.6 is 0 Å². The Morgan fingerprint density at radius 2 is 1.31 bits per heavy atom. The first-order chi connectivity index (χ1) is 25.1. The molecule has 1 aliphatic rings. The third-order valence-electron chi connectivity index (χ3n) is 9.61. The minimum Gasteiger partial charge on any atom is -0.398 e. The second kappa shape index (κ2) is 14.1. The van der Waals surface area contributed by atoms with Crippen molar-refractivity contribution >= 4 is 45.1 Å². The molecule has 0 saturated carbocycles. The molecule has 2 nitrogen and oxygen atoms in total. The van der Waals surface area contributed by atoms with Crippen LogP contribution < -0.4 is 10.6 Å². The Labute approximate surface area is 300 Å². The Morgan fingerprint density at radius 1 is 0.627 bits per heavy atom. The Balaban J connectivity index is 1.37. The van der Waals surface area contributed by atoms with Gasteiger partial charge >= 0.3 is 0 Å². The predicted octanol–water partition coefficient (Wildman–Crippen LogP) is 12.3. The lowest BCUT2D eigenvalue weighted by Gasteiger charge is -2.29. The normalized spacial score (nSPS) is 13.6. The van der Waals surface area contributed by atoms with E-state index in [1.807, 2.05) is 18.2 Å². The Morgan fingerprint density at radius 3 is 2.12 bits per heavy atom. The molecule has 2 heteroatoms. The van der Waals surface area contributed by atoms with Crippen LogP contribution in [0.15, 0.2) is 195 Å². The summed E-state index contributed by atoms with van der Waals surface area (Å²) in [4.78, 5) is 2.32. The summed E-state index contributed by atoms with van der Waals surface area (Å²) in [6.07, 6.45) is 9.59. The van der Waals surface area contributed by atoms with E-state index in [4.69, 9.17) is 12.3 Å². The molecular formula is C49H38N2. The van der Waals surface area contributed by atoms with Gasteiger partial charge in [0, 0.05) is 23.1 Å².